The molecule has 0 saturated heterocycles. The molecule has 0 heterocycles. The Morgan fingerprint density at radius 3 is 2.47 bits per heavy atom. The average molecular weight is 208 g/mol. The number of rotatable bonds is 5. The Labute approximate surface area is 91.9 Å². The van der Waals surface area contributed by atoms with Crippen LogP contribution >= 0.6 is 0 Å². The maximum Gasteiger partial charge on any atom is 0.125 e. The van der Waals surface area contributed by atoms with Crippen LogP contribution in [0.4, 0.5) is 0 Å². The molecule has 0 spiro atoms. The summed E-state index contributed by atoms with van der Waals surface area (Å²) in [6.07, 6.45) is 0.564. The monoisotopic (exact) mass is 208 g/mol. The minimum Gasteiger partial charge on any atom is -0.493 e. The zero-order valence-electron chi connectivity index (χ0n) is 9.73. The Morgan fingerprint density at radius 1 is 1.20 bits per heavy atom. The van der Waals surface area contributed by atoms with Crippen LogP contribution < -0.4 is 4.74 Å². The largest absolute Gasteiger partial charge is 0.493 e. The van der Waals surface area contributed by atoms with Crippen molar-refractivity contribution in [1.82, 2.24) is 0 Å². The Kier molecular flexibility index (Phi) is 4.63. The van der Waals surface area contributed by atoms with E-state index in [1.54, 1.807) is 6.92 Å². The highest BCUT2D eigenvalue weighted by Gasteiger charge is 2.07. The van der Waals surface area contributed by atoms with Crippen LogP contribution in [0.2, 0.25) is 0 Å². The van der Waals surface area contributed by atoms with Crippen LogP contribution in [0.15, 0.2) is 24.3 Å². The summed E-state index contributed by atoms with van der Waals surface area (Å²) in [4.78, 5) is 0. The second kappa shape index (κ2) is 5.76. The topological polar surface area (TPSA) is 29.5 Å². The van der Waals surface area contributed by atoms with Gasteiger partial charge in [-0.2, -0.15) is 0 Å². The minimum absolute atomic E-state index is 0.472. The number of benzene rings is 1. The van der Waals surface area contributed by atoms with Gasteiger partial charge >= 0.3 is 0 Å². The van der Waals surface area contributed by atoms with Gasteiger partial charge in [0.25, 0.3) is 0 Å². The SMILES string of the molecule is CC(C)CCOc1ccccc1C(C)O. The van der Waals surface area contributed by atoms with Gasteiger partial charge in [0.1, 0.15) is 5.75 Å². The Bertz CT molecular complexity index is 292. The van der Waals surface area contributed by atoms with Crippen molar-refractivity contribution in [1.29, 1.82) is 0 Å². The van der Waals surface area contributed by atoms with E-state index in [1.165, 1.54) is 0 Å². The summed E-state index contributed by atoms with van der Waals surface area (Å²) in [5.41, 5.74) is 0.862. The first kappa shape index (κ1) is 12.1. The molecular weight excluding hydrogens is 188 g/mol. The molecular formula is C13H20O2. The third-order valence-electron chi connectivity index (χ3n) is 2.32. The van der Waals surface area contributed by atoms with Gasteiger partial charge in [0.2, 0.25) is 0 Å². The number of hydrogen-bond acceptors (Lipinski definition) is 2. The predicted molar refractivity (Wildman–Crippen MR) is 62.0 cm³/mol. The van der Waals surface area contributed by atoms with Gasteiger partial charge in [-0.25, -0.2) is 0 Å². The molecule has 0 aliphatic carbocycles. The van der Waals surface area contributed by atoms with Crippen molar-refractivity contribution in [3.63, 3.8) is 0 Å². The maximum atomic E-state index is 9.53. The molecule has 0 amide bonds. The van der Waals surface area contributed by atoms with Crippen LogP contribution in [0.3, 0.4) is 0 Å². The molecule has 1 aromatic rings. The number of aliphatic hydroxyl groups excluding tert-OH is 1. The fourth-order valence-corrected chi connectivity index (χ4v) is 1.36. The number of hydrogen-bond donors (Lipinski definition) is 1. The van der Waals surface area contributed by atoms with Gasteiger partial charge in [0, 0.05) is 5.56 Å². The average Bonchev–Trinajstić information content (AvgIpc) is 2.17. The molecule has 0 aliphatic heterocycles. The van der Waals surface area contributed by atoms with Gasteiger partial charge in [-0.1, -0.05) is 32.0 Å². The van der Waals surface area contributed by atoms with Crippen LogP contribution in [0.1, 0.15) is 38.9 Å². The highest BCUT2D eigenvalue weighted by atomic mass is 16.5. The third kappa shape index (κ3) is 3.92. The fourth-order valence-electron chi connectivity index (χ4n) is 1.36. The molecule has 2 heteroatoms. The van der Waals surface area contributed by atoms with E-state index in [0.717, 1.165) is 17.7 Å². The lowest BCUT2D eigenvalue weighted by Crippen LogP contribution is -2.04. The van der Waals surface area contributed by atoms with Gasteiger partial charge in [0.15, 0.2) is 0 Å². The van der Waals surface area contributed by atoms with E-state index < -0.39 is 6.10 Å². The Morgan fingerprint density at radius 2 is 1.87 bits per heavy atom. The molecule has 1 unspecified atom stereocenters. The summed E-state index contributed by atoms with van der Waals surface area (Å²) in [6, 6.07) is 7.64. The highest BCUT2D eigenvalue weighted by molar-refractivity contribution is 5.34. The van der Waals surface area contributed by atoms with Gasteiger partial charge < -0.3 is 9.84 Å². The van der Waals surface area contributed by atoms with E-state index in [0.29, 0.717) is 12.5 Å². The second-order valence-corrected chi connectivity index (χ2v) is 4.24. The van der Waals surface area contributed by atoms with Gasteiger partial charge in [-0.3, -0.25) is 0 Å². The predicted octanol–water partition coefficient (Wildman–Crippen LogP) is 3.16. The van der Waals surface area contributed by atoms with Crippen LogP contribution in [0.5, 0.6) is 5.75 Å². The lowest BCUT2D eigenvalue weighted by molar-refractivity contribution is 0.190. The van der Waals surface area contributed by atoms with Crippen molar-refractivity contribution in [2.24, 2.45) is 5.92 Å². The minimum atomic E-state index is -0.472. The highest BCUT2D eigenvalue weighted by Crippen LogP contribution is 2.24. The van der Waals surface area contributed by atoms with E-state index in [1.807, 2.05) is 24.3 Å². The fraction of sp³-hybridized carbons (Fsp3) is 0.538. The van der Waals surface area contributed by atoms with Crippen molar-refractivity contribution in [2.45, 2.75) is 33.3 Å². The Balaban J connectivity index is 2.59. The van der Waals surface area contributed by atoms with Crippen molar-refractivity contribution >= 4 is 0 Å². The first-order valence-corrected chi connectivity index (χ1v) is 5.51. The molecule has 0 aromatic heterocycles. The van der Waals surface area contributed by atoms with E-state index >= 15 is 0 Å². The summed E-state index contributed by atoms with van der Waals surface area (Å²) in [5, 5.41) is 9.53. The normalized spacial score (nSPS) is 12.9. The summed E-state index contributed by atoms with van der Waals surface area (Å²) < 4.78 is 5.65. The molecule has 0 aliphatic rings. The van der Waals surface area contributed by atoms with E-state index in [2.05, 4.69) is 13.8 Å². The molecule has 0 bridgehead atoms. The van der Waals surface area contributed by atoms with E-state index in [-0.39, 0.29) is 0 Å². The van der Waals surface area contributed by atoms with Gasteiger partial charge in [-0.05, 0) is 25.3 Å². The van der Waals surface area contributed by atoms with Crippen molar-refractivity contribution in [3.8, 4) is 5.75 Å². The quantitative estimate of drug-likeness (QED) is 0.805. The standard InChI is InChI=1S/C13H20O2/c1-10(2)8-9-15-13-7-5-4-6-12(13)11(3)14/h4-7,10-11,14H,8-9H2,1-3H3. The van der Waals surface area contributed by atoms with Gasteiger partial charge in [-0.15, -0.1) is 0 Å². The van der Waals surface area contributed by atoms with Crippen molar-refractivity contribution < 1.29 is 9.84 Å². The van der Waals surface area contributed by atoms with Crippen molar-refractivity contribution in [2.75, 3.05) is 6.61 Å². The summed E-state index contributed by atoms with van der Waals surface area (Å²) in [5.74, 6) is 1.44. The van der Waals surface area contributed by atoms with Crippen LogP contribution in [-0.2, 0) is 0 Å². The third-order valence-corrected chi connectivity index (χ3v) is 2.32. The molecule has 1 aromatic carbocycles. The number of ether oxygens (including phenoxy) is 1. The van der Waals surface area contributed by atoms with Crippen LogP contribution in [-0.4, -0.2) is 11.7 Å². The molecule has 0 radical (unpaired) electrons. The molecule has 1 rings (SSSR count). The van der Waals surface area contributed by atoms with Crippen molar-refractivity contribution in [3.05, 3.63) is 29.8 Å². The summed E-state index contributed by atoms with van der Waals surface area (Å²) >= 11 is 0. The Hall–Kier alpha value is -1.02. The number of para-hydroxylation sites is 1. The lowest BCUT2D eigenvalue weighted by Gasteiger charge is -2.13. The molecule has 0 fully saturated rings. The van der Waals surface area contributed by atoms with E-state index in [9.17, 15) is 5.11 Å². The maximum absolute atomic E-state index is 9.53. The first-order chi connectivity index (χ1) is 7.11. The van der Waals surface area contributed by atoms with Gasteiger partial charge in [0.05, 0.1) is 12.7 Å². The summed E-state index contributed by atoms with van der Waals surface area (Å²) in [7, 11) is 0. The number of aliphatic hydroxyl groups is 1. The van der Waals surface area contributed by atoms with E-state index in [4.69, 9.17) is 4.74 Å². The van der Waals surface area contributed by atoms with Crippen LogP contribution in [0.25, 0.3) is 0 Å². The molecule has 2 nitrogen and oxygen atoms in total. The second-order valence-electron chi connectivity index (χ2n) is 4.24. The zero-order chi connectivity index (χ0) is 11.3. The first-order valence-electron chi connectivity index (χ1n) is 5.51. The van der Waals surface area contributed by atoms with Crippen LogP contribution in [0, 0.1) is 5.92 Å². The zero-order valence-corrected chi connectivity index (χ0v) is 9.73. The smallest absolute Gasteiger partial charge is 0.125 e. The molecule has 0 saturated carbocycles. The summed E-state index contributed by atoms with van der Waals surface area (Å²) in [6.45, 7) is 6.81. The molecule has 84 valence electrons. The molecule has 1 atom stereocenters. The lowest BCUT2D eigenvalue weighted by atomic mass is 10.1. The molecule has 1 N–H and O–H groups in total. The molecule has 15 heavy (non-hydrogen) atoms.